The summed E-state index contributed by atoms with van der Waals surface area (Å²) in [5.74, 6) is 6.19. The number of hydrogen-bond acceptors (Lipinski definition) is 2. The second kappa shape index (κ2) is 17.0. The molecule has 0 aromatic heterocycles. The molecule has 2 rings (SSSR count). The summed E-state index contributed by atoms with van der Waals surface area (Å²) < 4.78 is 6.83. The van der Waals surface area contributed by atoms with Crippen LogP contribution in [0.2, 0.25) is 5.04 Å². The topological polar surface area (TPSA) is 33.0 Å². The molecule has 1 atom stereocenters. The van der Waals surface area contributed by atoms with E-state index in [9.17, 15) is 0 Å². The molecule has 6 heteroatoms. The zero-order valence-corrected chi connectivity index (χ0v) is 25.3. The fraction of sp³-hybridized carbons (Fsp3) is 0.333. The Labute approximate surface area is 216 Å². The van der Waals surface area contributed by atoms with Crippen molar-refractivity contribution >= 4 is 38.4 Å². The van der Waals surface area contributed by atoms with Gasteiger partial charge < -0.3 is 22.2 Å². The Bertz CT molecular complexity index is 730. The number of rotatable bonds is 6. The number of nitrogens with zero attached hydrogens (tertiary/aromatic N) is 1. The van der Waals surface area contributed by atoms with Gasteiger partial charge in [0.15, 0.2) is 0 Å². The van der Waals surface area contributed by atoms with Crippen molar-refractivity contribution in [2.75, 3.05) is 6.61 Å². The van der Waals surface area contributed by atoms with Gasteiger partial charge in [-0.15, -0.1) is 0 Å². The molecule has 0 aliphatic carbocycles. The third-order valence-corrected chi connectivity index (χ3v) is 9.68. The molecule has 2 nitrogen and oxygen atoms in total. The molecule has 30 heavy (non-hydrogen) atoms. The number of hydrogen-bond donors (Lipinski definition) is 0. The van der Waals surface area contributed by atoms with E-state index in [1.807, 2.05) is 0 Å². The van der Waals surface area contributed by atoms with Gasteiger partial charge in [-0.3, -0.25) is 5.92 Å². The fourth-order valence-electron chi connectivity index (χ4n) is 3.40. The van der Waals surface area contributed by atoms with Crippen LogP contribution >= 0.6 is 19.8 Å². The van der Waals surface area contributed by atoms with Crippen LogP contribution in [0.4, 0.5) is 0 Å². The second-order valence-electron chi connectivity index (χ2n) is 7.52. The van der Waals surface area contributed by atoms with Crippen molar-refractivity contribution in [1.82, 2.24) is 0 Å². The summed E-state index contributed by atoms with van der Waals surface area (Å²) in [7, 11) is -2.40. The Morgan fingerprint density at radius 3 is 1.77 bits per heavy atom. The van der Waals surface area contributed by atoms with Gasteiger partial charge in [-0.05, 0) is 21.8 Å². The molecule has 2 aromatic rings. The second-order valence-corrected chi connectivity index (χ2v) is 11.8. The van der Waals surface area contributed by atoms with Crippen molar-refractivity contribution in [2.24, 2.45) is 5.92 Å². The molecule has 0 saturated carbocycles. The van der Waals surface area contributed by atoms with Crippen LogP contribution in [-0.2, 0) is 36.3 Å². The molecule has 0 N–H and O–H groups in total. The van der Waals surface area contributed by atoms with Crippen molar-refractivity contribution in [2.45, 2.75) is 39.2 Å². The van der Waals surface area contributed by atoms with Gasteiger partial charge in [0.05, 0.1) is 0 Å². The molecule has 0 saturated heterocycles. The summed E-state index contributed by atoms with van der Waals surface area (Å²) in [6.07, 6.45) is 0.924. The van der Waals surface area contributed by atoms with E-state index < -0.39 is 8.32 Å². The van der Waals surface area contributed by atoms with E-state index in [2.05, 4.69) is 127 Å². The predicted octanol–water partition coefficient (Wildman–Crippen LogP) is 5.40. The minimum atomic E-state index is -2.40. The molecule has 0 bridgehead atoms. The SMILES string of the molecule is [C-]#N.[CH2-]C#CC(C)CCO[Si](c1ccccc1)(c1ccccc1)C(C)(C)C.[Cu+].[Zn+][I]. The van der Waals surface area contributed by atoms with Crippen LogP contribution in [0.15, 0.2) is 60.7 Å². The Morgan fingerprint density at radius 1 is 1.03 bits per heavy atom. The summed E-state index contributed by atoms with van der Waals surface area (Å²) in [4.78, 5) is 0. The van der Waals surface area contributed by atoms with Gasteiger partial charge in [-0.25, -0.2) is 0 Å². The summed E-state index contributed by atoms with van der Waals surface area (Å²) in [5.41, 5.74) is 0. The predicted molar refractivity (Wildman–Crippen MR) is 129 cm³/mol. The maximum atomic E-state index is 6.83. The van der Waals surface area contributed by atoms with E-state index in [1.54, 1.807) is 0 Å². The van der Waals surface area contributed by atoms with Crippen molar-refractivity contribution in [3.63, 3.8) is 0 Å². The van der Waals surface area contributed by atoms with E-state index >= 15 is 0 Å². The van der Waals surface area contributed by atoms with Crippen molar-refractivity contribution in [3.05, 3.63) is 74.2 Å². The monoisotopic (exact) mass is 629 g/mol. The van der Waals surface area contributed by atoms with Crippen LogP contribution in [0.3, 0.4) is 0 Å². The number of benzene rings is 2. The minimum absolute atomic E-state index is 0. The van der Waals surface area contributed by atoms with Crippen molar-refractivity contribution in [1.29, 1.82) is 5.26 Å². The molecule has 0 aliphatic heterocycles. The van der Waals surface area contributed by atoms with E-state index in [4.69, 9.17) is 16.3 Å². The van der Waals surface area contributed by atoms with E-state index in [0.717, 1.165) is 6.42 Å². The van der Waals surface area contributed by atoms with Crippen LogP contribution in [0.25, 0.3) is 0 Å². The van der Waals surface area contributed by atoms with Crippen LogP contribution in [0, 0.1) is 36.5 Å². The normalized spacial score (nSPS) is 11.1. The molecule has 0 fully saturated rings. The Hall–Kier alpha value is -0.590. The van der Waals surface area contributed by atoms with Crippen LogP contribution < -0.4 is 10.4 Å². The molecule has 0 radical (unpaired) electrons. The third kappa shape index (κ3) is 8.88. The Kier molecular flexibility index (Phi) is 17.9. The van der Waals surface area contributed by atoms with E-state index in [-0.39, 0.29) is 22.1 Å². The molecule has 0 spiro atoms. The standard InChI is InChI=1S/C23H29OSi.CN.Cu.HI.Zn/c1-6-13-20(2)18-19-24-25(23(3,4)5,21-14-9-7-10-15-21)22-16-11-8-12-17-22;1-2;;;/h7-12,14-17,20H,1,18-19H2,2-5H3;;;1H;/q2*-1;+1;;+2/p-1. The van der Waals surface area contributed by atoms with Crippen LogP contribution in [0.1, 0.15) is 34.1 Å². The summed E-state index contributed by atoms with van der Waals surface area (Å²) in [5, 5.41) is 8.92. The molecule has 1 unspecified atom stereocenters. The van der Waals surface area contributed by atoms with Gasteiger partial charge in [-0.1, -0.05) is 94.3 Å². The zero-order chi connectivity index (χ0) is 22.3. The maximum absolute atomic E-state index is 6.83. The van der Waals surface area contributed by atoms with Gasteiger partial charge in [-0.2, -0.15) is 6.92 Å². The first kappa shape index (κ1) is 31.6. The first-order valence-corrected chi connectivity index (χ1v) is 20.4. The first-order chi connectivity index (χ1) is 13.9. The van der Waals surface area contributed by atoms with E-state index in [1.165, 1.54) is 25.2 Å². The van der Waals surface area contributed by atoms with E-state index in [0.29, 0.717) is 12.5 Å². The quantitative estimate of drug-likeness (QED) is 0.185. The summed E-state index contributed by atoms with van der Waals surface area (Å²) in [6.45, 7) is 18.1. The molecule has 0 heterocycles. The Balaban J connectivity index is 0. The van der Waals surface area contributed by atoms with Gasteiger partial charge in [0.2, 0.25) is 0 Å². The van der Waals surface area contributed by atoms with Crippen LogP contribution in [-0.4, -0.2) is 14.9 Å². The van der Waals surface area contributed by atoms with Crippen molar-refractivity contribution < 1.29 is 36.3 Å². The zero-order valence-electron chi connectivity index (χ0n) is 18.2. The average molecular weight is 631 g/mol. The van der Waals surface area contributed by atoms with Gasteiger partial charge in [0.25, 0.3) is 8.32 Å². The van der Waals surface area contributed by atoms with Gasteiger partial charge >= 0.3 is 51.6 Å². The third-order valence-electron chi connectivity index (χ3n) is 4.63. The molecular weight excluding hydrogens is 602 g/mol. The van der Waals surface area contributed by atoms with Crippen LogP contribution in [0.5, 0.6) is 0 Å². The summed E-state index contributed by atoms with van der Waals surface area (Å²) in [6, 6.07) is 21.5. The molecule has 160 valence electrons. The van der Waals surface area contributed by atoms with Gasteiger partial charge in [0, 0.05) is 6.61 Å². The summed E-state index contributed by atoms with van der Waals surface area (Å²) >= 11 is 3.62. The molecule has 2 aromatic carbocycles. The first-order valence-electron chi connectivity index (χ1n) is 9.43. The molecular formula is C24H29CuINOSiZn. The van der Waals surface area contributed by atoms with Gasteiger partial charge in [0.1, 0.15) is 0 Å². The molecule has 0 aliphatic rings. The Morgan fingerprint density at radius 2 is 1.43 bits per heavy atom. The van der Waals surface area contributed by atoms with Crippen molar-refractivity contribution in [3.8, 4) is 11.8 Å². The average Bonchev–Trinajstić information content (AvgIpc) is 2.75. The fourth-order valence-corrected chi connectivity index (χ4v) is 7.98. The molecule has 0 amide bonds. The number of halogens is 1.